The summed E-state index contributed by atoms with van der Waals surface area (Å²) in [7, 11) is 3.51. The van der Waals surface area contributed by atoms with E-state index in [0.717, 1.165) is 29.5 Å². The van der Waals surface area contributed by atoms with E-state index in [1.807, 2.05) is 36.2 Å². The quantitative estimate of drug-likeness (QED) is 0.874. The molecule has 0 aliphatic rings. The van der Waals surface area contributed by atoms with E-state index in [-0.39, 0.29) is 11.9 Å². The second-order valence-electron chi connectivity index (χ2n) is 6.34. The van der Waals surface area contributed by atoms with Gasteiger partial charge in [-0.2, -0.15) is 0 Å². The van der Waals surface area contributed by atoms with Gasteiger partial charge in [-0.15, -0.1) is 0 Å². The van der Waals surface area contributed by atoms with Gasteiger partial charge in [-0.25, -0.2) is 0 Å². The molecule has 0 saturated heterocycles. The van der Waals surface area contributed by atoms with Gasteiger partial charge in [-0.1, -0.05) is 19.9 Å². The Kier molecular flexibility index (Phi) is 5.11. The average molecular weight is 302 g/mol. The van der Waals surface area contributed by atoms with Crippen LogP contribution in [0.15, 0.2) is 24.3 Å². The highest BCUT2D eigenvalue weighted by Gasteiger charge is 2.20. The second kappa shape index (κ2) is 6.86. The number of ether oxygens (including phenoxy) is 1. The molecule has 2 aromatic rings. The Morgan fingerprint density at radius 1 is 1.27 bits per heavy atom. The van der Waals surface area contributed by atoms with Gasteiger partial charge in [0.1, 0.15) is 11.4 Å². The molecule has 0 fully saturated rings. The summed E-state index contributed by atoms with van der Waals surface area (Å²) in [5.74, 6) is 1.46. The summed E-state index contributed by atoms with van der Waals surface area (Å²) in [6, 6.07) is 7.88. The van der Waals surface area contributed by atoms with E-state index in [2.05, 4.69) is 25.8 Å². The summed E-state index contributed by atoms with van der Waals surface area (Å²) in [6.07, 6.45) is 2.14. The van der Waals surface area contributed by atoms with Crippen LogP contribution in [0.25, 0.3) is 10.9 Å². The van der Waals surface area contributed by atoms with Gasteiger partial charge in [-0.05, 0) is 43.9 Å². The van der Waals surface area contributed by atoms with Gasteiger partial charge in [0.15, 0.2) is 0 Å². The molecule has 120 valence electrons. The number of fused-ring (bicyclic) bond motifs is 1. The SMILES string of the molecule is COc1cccc2[nH]c(C(=O)N(C)C(C)CCC(C)C)cc12. The molecule has 0 bridgehead atoms. The number of aromatic amines is 1. The summed E-state index contributed by atoms with van der Waals surface area (Å²) in [5.41, 5.74) is 1.53. The number of nitrogens with one attached hydrogen (secondary N) is 1. The first-order valence-corrected chi connectivity index (χ1v) is 7.87. The first-order chi connectivity index (χ1) is 10.4. The van der Waals surface area contributed by atoms with Crippen molar-refractivity contribution in [1.82, 2.24) is 9.88 Å². The van der Waals surface area contributed by atoms with Crippen molar-refractivity contribution in [3.63, 3.8) is 0 Å². The first kappa shape index (κ1) is 16.4. The van der Waals surface area contributed by atoms with Crippen molar-refractivity contribution in [2.24, 2.45) is 5.92 Å². The van der Waals surface area contributed by atoms with E-state index in [1.165, 1.54) is 0 Å². The molecule has 1 aromatic carbocycles. The van der Waals surface area contributed by atoms with E-state index in [0.29, 0.717) is 11.6 Å². The van der Waals surface area contributed by atoms with Crippen molar-refractivity contribution in [2.75, 3.05) is 14.2 Å². The van der Waals surface area contributed by atoms with Crippen molar-refractivity contribution in [2.45, 2.75) is 39.7 Å². The number of carbonyl (C=O) groups excluding carboxylic acids is 1. The molecule has 1 heterocycles. The number of H-pyrrole nitrogens is 1. The van der Waals surface area contributed by atoms with E-state index >= 15 is 0 Å². The summed E-state index contributed by atoms with van der Waals surface area (Å²) in [4.78, 5) is 17.7. The van der Waals surface area contributed by atoms with Crippen molar-refractivity contribution >= 4 is 16.8 Å². The fraction of sp³-hybridized carbons (Fsp3) is 0.500. The van der Waals surface area contributed by atoms with E-state index < -0.39 is 0 Å². The number of benzene rings is 1. The van der Waals surface area contributed by atoms with Crippen molar-refractivity contribution in [1.29, 1.82) is 0 Å². The molecular formula is C18H26N2O2. The highest BCUT2D eigenvalue weighted by atomic mass is 16.5. The second-order valence-corrected chi connectivity index (χ2v) is 6.34. The lowest BCUT2D eigenvalue weighted by Gasteiger charge is -2.25. The Labute approximate surface area is 132 Å². The predicted octanol–water partition coefficient (Wildman–Crippen LogP) is 4.07. The largest absolute Gasteiger partial charge is 0.496 e. The summed E-state index contributed by atoms with van der Waals surface area (Å²) < 4.78 is 5.35. The molecule has 0 aliphatic carbocycles. The Hall–Kier alpha value is -1.97. The summed E-state index contributed by atoms with van der Waals surface area (Å²) in [5, 5.41) is 0.941. The van der Waals surface area contributed by atoms with Gasteiger partial charge in [0, 0.05) is 24.0 Å². The normalized spacial score (nSPS) is 12.6. The van der Waals surface area contributed by atoms with E-state index in [1.54, 1.807) is 7.11 Å². The Morgan fingerprint density at radius 3 is 2.64 bits per heavy atom. The lowest BCUT2D eigenvalue weighted by molar-refractivity contribution is 0.0728. The smallest absolute Gasteiger partial charge is 0.270 e. The number of rotatable bonds is 6. The molecule has 0 radical (unpaired) electrons. The summed E-state index contributed by atoms with van der Waals surface area (Å²) >= 11 is 0. The maximum Gasteiger partial charge on any atom is 0.270 e. The monoisotopic (exact) mass is 302 g/mol. The molecule has 22 heavy (non-hydrogen) atoms. The third-order valence-electron chi connectivity index (χ3n) is 4.22. The minimum atomic E-state index is 0.0227. The molecular weight excluding hydrogens is 276 g/mol. The van der Waals surface area contributed by atoms with Gasteiger partial charge in [-0.3, -0.25) is 4.79 Å². The number of carbonyl (C=O) groups is 1. The number of aromatic nitrogens is 1. The van der Waals surface area contributed by atoms with Crippen molar-refractivity contribution in [3.05, 3.63) is 30.0 Å². The Bertz CT molecular complexity index is 646. The topological polar surface area (TPSA) is 45.3 Å². The zero-order valence-electron chi connectivity index (χ0n) is 14.1. The number of nitrogens with zero attached hydrogens (tertiary/aromatic N) is 1. The van der Waals surface area contributed by atoms with Gasteiger partial charge in [0.25, 0.3) is 5.91 Å². The highest BCUT2D eigenvalue weighted by Crippen LogP contribution is 2.26. The number of amides is 1. The molecule has 1 unspecified atom stereocenters. The van der Waals surface area contributed by atoms with Crippen LogP contribution >= 0.6 is 0 Å². The van der Waals surface area contributed by atoms with Crippen molar-refractivity contribution in [3.8, 4) is 5.75 Å². The fourth-order valence-electron chi connectivity index (χ4n) is 2.58. The van der Waals surface area contributed by atoms with Crippen LogP contribution < -0.4 is 4.74 Å². The molecule has 1 atom stereocenters. The van der Waals surface area contributed by atoms with Crippen LogP contribution in [-0.2, 0) is 0 Å². The van der Waals surface area contributed by atoms with Crippen LogP contribution in [0.3, 0.4) is 0 Å². The van der Waals surface area contributed by atoms with Crippen LogP contribution in [0.1, 0.15) is 44.1 Å². The minimum absolute atomic E-state index is 0.0227. The molecule has 0 aliphatic heterocycles. The molecule has 0 spiro atoms. The standard InChI is InChI=1S/C18H26N2O2/c1-12(2)9-10-13(3)20(4)18(21)16-11-14-15(19-16)7-6-8-17(14)22-5/h6-8,11-13,19H,9-10H2,1-5H3. The van der Waals surface area contributed by atoms with Crippen LogP contribution in [0.4, 0.5) is 0 Å². The molecule has 2 rings (SSSR count). The van der Waals surface area contributed by atoms with Gasteiger partial charge >= 0.3 is 0 Å². The summed E-state index contributed by atoms with van der Waals surface area (Å²) in [6.45, 7) is 6.51. The van der Waals surface area contributed by atoms with Crippen LogP contribution in [0.5, 0.6) is 5.75 Å². The highest BCUT2D eigenvalue weighted by molar-refractivity contribution is 5.99. The molecule has 0 saturated carbocycles. The Balaban J connectivity index is 2.18. The maximum absolute atomic E-state index is 12.7. The third-order valence-corrected chi connectivity index (χ3v) is 4.22. The minimum Gasteiger partial charge on any atom is -0.496 e. The lowest BCUT2D eigenvalue weighted by Crippen LogP contribution is -2.35. The molecule has 1 N–H and O–H groups in total. The molecule has 1 amide bonds. The fourth-order valence-corrected chi connectivity index (χ4v) is 2.58. The molecule has 4 nitrogen and oxygen atoms in total. The number of methoxy groups -OCH3 is 1. The number of hydrogen-bond acceptors (Lipinski definition) is 2. The predicted molar refractivity (Wildman–Crippen MR) is 90.5 cm³/mol. The molecule has 4 heteroatoms. The lowest BCUT2D eigenvalue weighted by atomic mass is 10.0. The van der Waals surface area contributed by atoms with E-state index in [9.17, 15) is 4.79 Å². The van der Waals surface area contributed by atoms with E-state index in [4.69, 9.17) is 4.74 Å². The van der Waals surface area contributed by atoms with Crippen LogP contribution in [0.2, 0.25) is 0 Å². The maximum atomic E-state index is 12.7. The van der Waals surface area contributed by atoms with Gasteiger partial charge in [0.2, 0.25) is 0 Å². The zero-order chi connectivity index (χ0) is 16.3. The third kappa shape index (κ3) is 3.43. The Morgan fingerprint density at radius 2 is 2.00 bits per heavy atom. The molecule has 1 aromatic heterocycles. The van der Waals surface area contributed by atoms with Crippen LogP contribution in [-0.4, -0.2) is 36.0 Å². The van der Waals surface area contributed by atoms with Gasteiger partial charge < -0.3 is 14.6 Å². The van der Waals surface area contributed by atoms with Crippen LogP contribution in [0, 0.1) is 5.92 Å². The zero-order valence-corrected chi connectivity index (χ0v) is 14.1. The first-order valence-electron chi connectivity index (χ1n) is 7.87. The van der Waals surface area contributed by atoms with Gasteiger partial charge in [0.05, 0.1) is 7.11 Å². The average Bonchev–Trinajstić information content (AvgIpc) is 2.94. The number of hydrogen-bond donors (Lipinski definition) is 1. The van der Waals surface area contributed by atoms with Crippen molar-refractivity contribution < 1.29 is 9.53 Å².